The van der Waals surface area contributed by atoms with Crippen LogP contribution >= 0.6 is 0 Å². The predicted molar refractivity (Wildman–Crippen MR) is 469 cm³/mol. The van der Waals surface area contributed by atoms with Gasteiger partial charge < -0.3 is 70.5 Å². The lowest BCUT2D eigenvalue weighted by Crippen LogP contribution is -2.55. The maximum Gasteiger partial charge on any atom is 0.328 e. The van der Waals surface area contributed by atoms with Gasteiger partial charge in [-0.15, -0.1) is 0 Å². The number of aromatic nitrogens is 2. The van der Waals surface area contributed by atoms with Crippen molar-refractivity contribution in [3.8, 4) is 0 Å². The van der Waals surface area contributed by atoms with Crippen molar-refractivity contribution in [3.63, 3.8) is 0 Å². The zero-order chi connectivity index (χ0) is 90.4. The Morgan fingerprint density at radius 3 is 1.15 bits per heavy atom. The summed E-state index contributed by atoms with van der Waals surface area (Å²) in [5.74, 6) is -5.45. The van der Waals surface area contributed by atoms with Crippen LogP contribution < -0.4 is 22.1 Å². The van der Waals surface area contributed by atoms with E-state index < -0.39 is 114 Å². The van der Waals surface area contributed by atoms with Crippen LogP contribution in [0.25, 0.3) is 0 Å². The molecule has 0 saturated carbocycles. The van der Waals surface area contributed by atoms with E-state index in [0.29, 0.717) is 63.5 Å². The van der Waals surface area contributed by atoms with E-state index in [-0.39, 0.29) is 115 Å². The number of aliphatic carboxylic acids is 1. The van der Waals surface area contributed by atoms with Gasteiger partial charge >= 0.3 is 11.9 Å². The molecule has 28 heteroatoms. The highest BCUT2D eigenvalue weighted by molar-refractivity contribution is 5.92. The number of benzene rings is 2. The van der Waals surface area contributed by atoms with E-state index in [1.807, 2.05) is 173 Å². The van der Waals surface area contributed by atoms with Crippen molar-refractivity contribution >= 4 is 70.6 Å². The number of nitrogens with two attached hydrogens (primary N) is 2. The van der Waals surface area contributed by atoms with Gasteiger partial charge in [-0.3, -0.25) is 48.2 Å². The smallest absolute Gasteiger partial charge is 0.328 e. The summed E-state index contributed by atoms with van der Waals surface area (Å²) in [6.07, 6.45) is 5.26. The van der Waals surface area contributed by atoms with Crippen molar-refractivity contribution in [1.82, 2.24) is 50.0 Å². The number of nitrogens with one attached hydrogen (secondary N) is 2. The molecule has 2 aromatic heterocycles. The Morgan fingerprint density at radius 1 is 0.488 bits per heavy atom. The topological polar surface area (TPSA) is 358 Å². The van der Waals surface area contributed by atoms with E-state index in [1.165, 1.54) is 21.3 Å². The van der Waals surface area contributed by atoms with E-state index >= 15 is 0 Å². The molecule has 4 heterocycles. The normalized spacial score (nSPS) is 18.3. The second-order valence-electron chi connectivity index (χ2n) is 35.0. The number of pyridine rings is 2. The number of Topliss-reactive ketones (excluding diaryl/α,β-unsaturated/α-hetero) is 2. The van der Waals surface area contributed by atoms with Crippen molar-refractivity contribution in [3.05, 3.63) is 120 Å². The summed E-state index contributed by atoms with van der Waals surface area (Å²) < 4.78 is 29.0. The highest BCUT2D eigenvalue weighted by Crippen LogP contribution is 2.35. The standard InChI is InChI=1S/C47H74N6O8.C46H72N6O8/c1-13-31(6)43(52(9)46(57)35(29(2)3)26-38(54)42(30(4)5)51(8)28-34-21-22-49-40(48)25-34)39(59-10)27-41(55)53-23-17-20-37(53)44(60-11)32(7)45(56)50-36(47(58)61-12)24-33-18-15-14-16-19-33;1-12-30(6)42(51(9)45(56)34(28(2)3)25-37(53)41(29(4)5)50(8)27-33-20-21-48-39(47)24-33)38(59-10)26-40(54)52-22-16-19-36(52)43(60-11)31(7)44(55)49-35(46(57)58)23-32-17-14-13-15-18-32/h14-16,18-19,21-22,25,29-32,35-37,39,42-44H,13,17,20,23-24,26-28H2,1-12H3,(H2,48,49)(H,50,56);13-15,17-18,20-21,24,28-31,34-36,38,41-43H,12,16,19,22-23,25-27H2,1-11H3,(H2,47,48)(H,49,55)(H,57,58)/t31-,32+,35-,36-,37-,39+,42-,43-,44+;30-,31+,34-,35-,36-,38+,41-,42-,43+/m00/s1. The van der Waals surface area contributed by atoms with E-state index in [0.717, 1.165) is 35.1 Å². The van der Waals surface area contributed by atoms with E-state index in [2.05, 4.69) is 27.5 Å². The van der Waals surface area contributed by atoms with Crippen LogP contribution in [0.15, 0.2) is 97.3 Å². The lowest BCUT2D eigenvalue weighted by atomic mass is 9.83. The molecule has 2 aliphatic heterocycles. The van der Waals surface area contributed by atoms with Crippen LogP contribution in [0.4, 0.5) is 11.6 Å². The van der Waals surface area contributed by atoms with Crippen LogP contribution in [0.3, 0.4) is 0 Å². The molecule has 28 nitrogen and oxygen atoms in total. The highest BCUT2D eigenvalue weighted by Gasteiger charge is 2.47. The second-order valence-corrected chi connectivity index (χ2v) is 35.0. The van der Waals surface area contributed by atoms with Gasteiger partial charge in [-0.25, -0.2) is 19.6 Å². The number of hydrogen-bond acceptors (Lipinski definition) is 21. The lowest BCUT2D eigenvalue weighted by molar-refractivity contribution is -0.150. The van der Waals surface area contributed by atoms with Gasteiger partial charge in [0.15, 0.2) is 11.6 Å². The molecule has 6 amide bonds. The fraction of sp³-hybridized carbons (Fsp3) is 0.656. The van der Waals surface area contributed by atoms with E-state index in [4.69, 9.17) is 35.2 Å². The molecular formula is C93H146N12O16. The molecule has 0 bridgehead atoms. The maximum atomic E-state index is 14.6. The van der Waals surface area contributed by atoms with E-state index in [9.17, 15) is 53.1 Å². The number of rotatable bonds is 48. The van der Waals surface area contributed by atoms with Gasteiger partial charge in [-0.1, -0.05) is 170 Å². The maximum absolute atomic E-state index is 14.6. The van der Waals surface area contributed by atoms with Gasteiger partial charge in [-0.2, -0.15) is 0 Å². The van der Waals surface area contributed by atoms with Crippen LogP contribution in [-0.4, -0.2) is 253 Å². The number of carboxylic acids is 1. The number of ether oxygens (including phenoxy) is 5. The number of esters is 1. The predicted octanol–water partition coefficient (Wildman–Crippen LogP) is 10.3. The SMILES string of the molecule is CC[C@H](C)[C@@H]([C@@H](CC(=O)N1CCC[C@H]1[C@H](OC)[C@@H](C)C(=O)N[C@@H](Cc1ccccc1)C(=O)O)OC)N(C)C(=O)[C@@H](CC(=O)[C@H](C(C)C)N(C)Cc1ccnc(N)c1)C(C)C.CC[C@H](C)[C@@H]([C@@H](CC(=O)N1CCC[C@H]1[C@H](OC)[C@@H](C)C(=O)N[C@@H](Cc1ccccc1)C(=O)OC)OC)N(C)C(=O)[C@@H](CC(=O)[C@H](C(C)C)N(C)Cc1ccnc(N)c1)C(C)C. The van der Waals surface area contributed by atoms with Crippen LogP contribution in [0, 0.1) is 59.2 Å². The first kappa shape index (κ1) is 103. The Kier molecular flexibility index (Phi) is 42.5. The Balaban J connectivity index is 0.000000430. The van der Waals surface area contributed by atoms with Crippen molar-refractivity contribution in [2.75, 3.05) is 88.3 Å². The van der Waals surface area contributed by atoms with Gasteiger partial charge in [-0.05, 0) is 122 Å². The molecule has 2 aromatic carbocycles. The Bertz CT molecular complexity index is 3930. The van der Waals surface area contributed by atoms with Gasteiger partial charge in [0.25, 0.3) is 0 Å². The first-order valence-electron chi connectivity index (χ1n) is 43.4. The average molecular weight is 1690 g/mol. The molecule has 674 valence electrons. The first-order chi connectivity index (χ1) is 57.2. The summed E-state index contributed by atoms with van der Waals surface area (Å²) in [6.45, 7) is 29.4. The molecule has 0 radical (unpaired) electrons. The minimum atomic E-state index is -1.14. The van der Waals surface area contributed by atoms with Crippen molar-refractivity contribution in [1.29, 1.82) is 0 Å². The third kappa shape index (κ3) is 29.2. The molecule has 2 aliphatic rings. The van der Waals surface area contributed by atoms with Gasteiger partial charge in [0.1, 0.15) is 23.7 Å². The van der Waals surface area contributed by atoms with Crippen LogP contribution in [0.1, 0.15) is 183 Å². The largest absolute Gasteiger partial charge is 0.480 e. The number of methoxy groups -OCH3 is 5. The number of ketones is 2. The molecule has 0 unspecified atom stereocenters. The number of carbonyl (C=O) groups is 10. The summed E-state index contributed by atoms with van der Waals surface area (Å²) in [5.41, 5.74) is 15.4. The average Bonchev–Trinajstić information content (AvgIpc) is 1.73. The van der Waals surface area contributed by atoms with Crippen LogP contribution in [0.2, 0.25) is 0 Å². The van der Waals surface area contributed by atoms with Crippen molar-refractivity contribution in [2.45, 2.75) is 260 Å². The van der Waals surface area contributed by atoms with Crippen molar-refractivity contribution in [2.24, 2.45) is 59.2 Å². The molecule has 0 aliphatic carbocycles. The number of anilines is 2. The molecule has 18 atom stereocenters. The quantitative estimate of drug-likeness (QED) is 0.0257. The van der Waals surface area contributed by atoms with Crippen molar-refractivity contribution < 1.29 is 76.7 Å². The summed E-state index contributed by atoms with van der Waals surface area (Å²) in [4.78, 5) is 157. The Labute approximate surface area is 720 Å². The molecule has 7 N–H and O–H groups in total. The number of amides is 6. The molecule has 4 aromatic rings. The van der Waals surface area contributed by atoms with Crippen LogP contribution in [-0.2, 0) is 97.6 Å². The molecule has 121 heavy (non-hydrogen) atoms. The van der Waals surface area contributed by atoms with Crippen LogP contribution in [0.5, 0.6) is 0 Å². The summed E-state index contributed by atoms with van der Waals surface area (Å²) in [7, 11) is 14.8. The number of likely N-dealkylation sites (tertiary alicyclic amines) is 2. The zero-order valence-corrected chi connectivity index (χ0v) is 76.6. The number of nitrogen functional groups attached to an aromatic ring is 2. The van der Waals surface area contributed by atoms with Gasteiger partial charge in [0.2, 0.25) is 35.4 Å². The monoisotopic (exact) mass is 1690 g/mol. The first-order valence-corrected chi connectivity index (χ1v) is 43.4. The minimum Gasteiger partial charge on any atom is -0.480 e. The third-order valence-corrected chi connectivity index (χ3v) is 25.0. The summed E-state index contributed by atoms with van der Waals surface area (Å²) >= 11 is 0. The fourth-order valence-electron chi connectivity index (χ4n) is 18.1. The van der Waals surface area contributed by atoms with E-state index in [1.54, 1.807) is 86.3 Å². The number of hydrogen-bond donors (Lipinski definition) is 5. The summed E-state index contributed by atoms with van der Waals surface area (Å²) in [5, 5.41) is 15.5. The highest BCUT2D eigenvalue weighted by atomic mass is 16.5. The Hall–Kier alpha value is -8.80. The molecule has 0 spiro atoms. The second kappa shape index (κ2) is 50.1. The number of nitrogens with zero attached hydrogens (tertiary/aromatic N) is 8. The lowest BCUT2D eigenvalue weighted by Gasteiger charge is -2.41. The zero-order valence-electron chi connectivity index (χ0n) is 76.6. The third-order valence-electron chi connectivity index (χ3n) is 25.0. The molecule has 6 rings (SSSR count). The van der Waals surface area contributed by atoms with Gasteiger partial charge in [0.05, 0.1) is 92.5 Å². The molecule has 2 fully saturated rings. The number of likely N-dealkylation sites (N-methyl/N-ethyl adjacent to an activating group) is 4. The fourth-order valence-corrected chi connectivity index (χ4v) is 18.1. The van der Waals surface area contributed by atoms with Gasteiger partial charge in [0, 0.05) is 119 Å². The minimum absolute atomic E-state index is 0.00312. The number of carboxylic acid groups (broad SMARTS) is 1. The Morgan fingerprint density at radius 2 is 0.843 bits per heavy atom. The molecular weight excluding hydrogens is 1540 g/mol. The molecule has 2 saturated heterocycles. The number of carbonyl (C=O) groups excluding carboxylic acids is 9. The summed E-state index contributed by atoms with van der Waals surface area (Å²) in [6, 6.07) is 21.2.